The van der Waals surface area contributed by atoms with Crippen LogP contribution in [0.4, 0.5) is 0 Å². The Morgan fingerprint density at radius 1 is 1.09 bits per heavy atom. The van der Waals surface area contributed by atoms with E-state index in [9.17, 15) is 9.59 Å². The zero-order valence-electron chi connectivity index (χ0n) is 18.8. The van der Waals surface area contributed by atoms with Gasteiger partial charge < -0.3 is 15.0 Å². The predicted octanol–water partition coefficient (Wildman–Crippen LogP) is 3.65. The van der Waals surface area contributed by atoms with E-state index in [1.807, 2.05) is 46.1 Å². The Hall–Kier alpha value is -2.83. The van der Waals surface area contributed by atoms with Crippen LogP contribution in [0.1, 0.15) is 61.7 Å². The summed E-state index contributed by atoms with van der Waals surface area (Å²) in [5.74, 6) is 0.822. The van der Waals surface area contributed by atoms with Crippen LogP contribution in [0.15, 0.2) is 42.7 Å². The minimum absolute atomic E-state index is 0.0660. The monoisotopic (exact) mass is 438 g/mol. The van der Waals surface area contributed by atoms with Gasteiger partial charge >= 0.3 is 0 Å². The van der Waals surface area contributed by atoms with Crippen molar-refractivity contribution >= 4 is 11.8 Å². The molecule has 1 saturated heterocycles. The average molecular weight is 439 g/mol. The molecule has 1 aromatic carbocycles. The van der Waals surface area contributed by atoms with Gasteiger partial charge in [-0.05, 0) is 55.7 Å². The van der Waals surface area contributed by atoms with Gasteiger partial charge in [0.1, 0.15) is 5.75 Å². The minimum atomic E-state index is -0.0716. The van der Waals surface area contributed by atoms with Crippen molar-refractivity contribution in [1.29, 1.82) is 0 Å². The van der Waals surface area contributed by atoms with Crippen molar-refractivity contribution < 1.29 is 14.3 Å². The molecule has 2 aliphatic heterocycles. The summed E-state index contributed by atoms with van der Waals surface area (Å²) in [6.07, 6.45) is 11.2. The van der Waals surface area contributed by atoms with Crippen molar-refractivity contribution in [1.82, 2.24) is 20.0 Å². The van der Waals surface area contributed by atoms with Gasteiger partial charge in [0.05, 0.1) is 12.2 Å². The number of likely N-dealkylation sites (tertiary alicyclic amines) is 1. The van der Waals surface area contributed by atoms with E-state index in [2.05, 4.69) is 10.4 Å². The minimum Gasteiger partial charge on any atom is -0.493 e. The highest BCUT2D eigenvalue weighted by Gasteiger charge is 2.36. The van der Waals surface area contributed by atoms with Gasteiger partial charge in [0, 0.05) is 45.0 Å². The zero-order chi connectivity index (χ0) is 22.2. The third-order valence-corrected chi connectivity index (χ3v) is 6.88. The molecule has 172 valence electrons. The molecular formula is C25H34N4O3. The lowest BCUT2D eigenvalue weighted by atomic mass is 9.74. The largest absolute Gasteiger partial charge is 0.493 e. The molecule has 0 bridgehead atoms. The first kappa shape index (κ1) is 22.4. The number of amides is 2. The van der Waals surface area contributed by atoms with Gasteiger partial charge in [0.2, 0.25) is 5.91 Å². The smallest absolute Gasteiger partial charge is 0.255 e. The summed E-state index contributed by atoms with van der Waals surface area (Å²) < 4.78 is 7.72. The molecule has 3 heterocycles. The molecule has 2 aromatic rings. The lowest BCUT2D eigenvalue weighted by Gasteiger charge is -2.42. The van der Waals surface area contributed by atoms with Crippen LogP contribution in [-0.4, -0.2) is 52.7 Å². The number of aryl methyl sites for hydroxylation is 1. The second kappa shape index (κ2) is 10.7. The van der Waals surface area contributed by atoms with Crippen LogP contribution in [-0.2, 0) is 11.3 Å². The third kappa shape index (κ3) is 5.69. The molecule has 1 spiro atoms. The fraction of sp³-hybridized carbons (Fsp3) is 0.560. The Balaban J connectivity index is 1.33. The summed E-state index contributed by atoms with van der Waals surface area (Å²) in [5.41, 5.74) is 0.671. The van der Waals surface area contributed by atoms with Crippen LogP contribution in [0.2, 0.25) is 0 Å². The van der Waals surface area contributed by atoms with E-state index in [0.717, 1.165) is 64.6 Å². The number of carbonyl (C=O) groups excluding carboxylic acids is 2. The van der Waals surface area contributed by atoms with Gasteiger partial charge in [-0.25, -0.2) is 0 Å². The number of rotatable bonds is 4. The summed E-state index contributed by atoms with van der Waals surface area (Å²) in [6, 6.07) is 9.38. The Kier molecular flexibility index (Phi) is 7.45. The summed E-state index contributed by atoms with van der Waals surface area (Å²) in [5, 5.41) is 7.37. The molecule has 1 N–H and O–H groups in total. The SMILES string of the molecule is O=C1NCC2(CCCCCOc3ccccc31)CCN(C(=O)CCCn1cccn1)CC2. The van der Waals surface area contributed by atoms with Crippen LogP contribution in [0.5, 0.6) is 5.75 Å². The average Bonchev–Trinajstić information content (AvgIpc) is 3.33. The van der Waals surface area contributed by atoms with Crippen LogP contribution in [0.3, 0.4) is 0 Å². The normalized spacial score (nSPS) is 19.2. The Labute approximate surface area is 190 Å². The van der Waals surface area contributed by atoms with E-state index >= 15 is 0 Å². The number of ether oxygens (including phenoxy) is 1. The van der Waals surface area contributed by atoms with Crippen molar-refractivity contribution in [2.24, 2.45) is 5.41 Å². The van der Waals surface area contributed by atoms with Crippen LogP contribution >= 0.6 is 0 Å². The maximum atomic E-state index is 12.9. The molecule has 1 aromatic heterocycles. The van der Waals surface area contributed by atoms with E-state index in [-0.39, 0.29) is 17.2 Å². The van der Waals surface area contributed by atoms with Crippen molar-refractivity contribution in [2.45, 2.75) is 57.9 Å². The van der Waals surface area contributed by atoms with E-state index in [1.165, 1.54) is 0 Å². The van der Waals surface area contributed by atoms with Crippen molar-refractivity contribution in [2.75, 3.05) is 26.2 Å². The first-order valence-corrected chi connectivity index (χ1v) is 11.9. The number of hydrogen-bond donors (Lipinski definition) is 1. The maximum absolute atomic E-state index is 12.9. The number of fused-ring (bicyclic) bond motifs is 1. The Morgan fingerprint density at radius 3 is 2.75 bits per heavy atom. The molecule has 1 fully saturated rings. The van der Waals surface area contributed by atoms with Gasteiger partial charge in [-0.1, -0.05) is 25.0 Å². The molecule has 0 radical (unpaired) electrons. The second-order valence-electron chi connectivity index (χ2n) is 9.09. The van der Waals surface area contributed by atoms with E-state index in [4.69, 9.17) is 4.74 Å². The molecule has 2 amide bonds. The van der Waals surface area contributed by atoms with E-state index < -0.39 is 0 Å². The van der Waals surface area contributed by atoms with Crippen LogP contribution in [0, 0.1) is 5.41 Å². The number of nitrogens with zero attached hydrogens (tertiary/aromatic N) is 3. The quantitative estimate of drug-likeness (QED) is 0.791. The number of carbonyl (C=O) groups is 2. The first-order valence-electron chi connectivity index (χ1n) is 11.9. The van der Waals surface area contributed by atoms with Crippen LogP contribution in [0.25, 0.3) is 0 Å². The topological polar surface area (TPSA) is 76.5 Å². The standard InChI is InChI=1S/C25H34N4O3/c30-23(10-6-15-29-16-7-14-27-29)28-17-12-25(13-18-28)11-4-1-5-19-32-22-9-3-2-8-21(22)24(31)26-20-25/h2-3,7-9,14,16H,1,4-6,10-13,15,17-20H2,(H,26,31). The molecule has 0 aliphatic carbocycles. The van der Waals surface area contributed by atoms with Crippen molar-refractivity contribution in [3.05, 3.63) is 48.3 Å². The van der Waals surface area contributed by atoms with Gasteiger partial charge in [0.25, 0.3) is 5.91 Å². The fourth-order valence-corrected chi connectivity index (χ4v) is 4.83. The maximum Gasteiger partial charge on any atom is 0.255 e. The molecule has 7 nitrogen and oxygen atoms in total. The highest BCUT2D eigenvalue weighted by molar-refractivity contribution is 5.96. The van der Waals surface area contributed by atoms with Gasteiger partial charge in [-0.2, -0.15) is 5.10 Å². The highest BCUT2D eigenvalue weighted by Crippen LogP contribution is 2.37. The third-order valence-electron chi connectivity index (χ3n) is 6.88. The van der Waals surface area contributed by atoms with Crippen LogP contribution < -0.4 is 10.1 Å². The molecule has 2 aliphatic rings. The summed E-state index contributed by atoms with van der Waals surface area (Å²) in [7, 11) is 0. The number of benzene rings is 1. The van der Waals surface area contributed by atoms with Crippen molar-refractivity contribution in [3.63, 3.8) is 0 Å². The Bertz CT molecular complexity index is 888. The van der Waals surface area contributed by atoms with Crippen molar-refractivity contribution in [3.8, 4) is 5.75 Å². The number of aromatic nitrogens is 2. The summed E-state index contributed by atoms with van der Waals surface area (Å²) >= 11 is 0. The number of hydrogen-bond acceptors (Lipinski definition) is 4. The lowest BCUT2D eigenvalue weighted by Crippen LogP contribution is -2.48. The summed E-state index contributed by atoms with van der Waals surface area (Å²) in [6.45, 7) is 3.61. The molecule has 7 heteroatoms. The molecule has 4 rings (SSSR count). The number of para-hydroxylation sites is 1. The van der Waals surface area contributed by atoms with Gasteiger partial charge in [-0.15, -0.1) is 0 Å². The fourth-order valence-electron chi connectivity index (χ4n) is 4.83. The zero-order valence-corrected chi connectivity index (χ0v) is 18.8. The lowest BCUT2D eigenvalue weighted by molar-refractivity contribution is -0.133. The molecular weight excluding hydrogens is 404 g/mol. The number of piperidine rings is 1. The Morgan fingerprint density at radius 2 is 1.94 bits per heavy atom. The molecule has 0 atom stereocenters. The molecule has 32 heavy (non-hydrogen) atoms. The van der Waals surface area contributed by atoms with Gasteiger partial charge in [-0.3, -0.25) is 14.3 Å². The van der Waals surface area contributed by atoms with Gasteiger partial charge in [0.15, 0.2) is 0 Å². The molecule has 0 unspecified atom stereocenters. The molecule has 0 saturated carbocycles. The highest BCUT2D eigenvalue weighted by atomic mass is 16.5. The predicted molar refractivity (Wildman–Crippen MR) is 122 cm³/mol. The van der Waals surface area contributed by atoms with E-state index in [0.29, 0.717) is 30.9 Å². The van der Waals surface area contributed by atoms with E-state index in [1.54, 1.807) is 6.20 Å². The second-order valence-corrected chi connectivity index (χ2v) is 9.09. The first-order chi connectivity index (χ1) is 15.7. The summed E-state index contributed by atoms with van der Waals surface area (Å²) in [4.78, 5) is 27.6. The number of nitrogens with one attached hydrogen (secondary N) is 1.